The number of hydrogen-bond donors (Lipinski definition) is 2. The van der Waals surface area contributed by atoms with Crippen LogP contribution in [0.2, 0.25) is 0 Å². The highest BCUT2D eigenvalue weighted by molar-refractivity contribution is 5.85. The van der Waals surface area contributed by atoms with Gasteiger partial charge < -0.3 is 15.8 Å². The van der Waals surface area contributed by atoms with Crippen LogP contribution in [0.1, 0.15) is 24.0 Å². The van der Waals surface area contributed by atoms with Gasteiger partial charge in [-0.2, -0.15) is 0 Å². The summed E-state index contributed by atoms with van der Waals surface area (Å²) in [6.07, 6.45) is 1.84. The summed E-state index contributed by atoms with van der Waals surface area (Å²) < 4.78 is 5.47. The lowest BCUT2D eigenvalue weighted by molar-refractivity contribution is -0.123. The monoisotopic (exact) mass is 286 g/mol. The zero-order valence-corrected chi connectivity index (χ0v) is 12.4. The summed E-state index contributed by atoms with van der Waals surface area (Å²) >= 11 is 0. The average Bonchev–Trinajstić information content (AvgIpc) is 2.33. The smallest absolute Gasteiger partial charge is 0.257 e. The molecule has 19 heavy (non-hydrogen) atoms. The Morgan fingerprint density at radius 2 is 2.05 bits per heavy atom. The molecule has 1 rings (SSSR count). The molecular weight excluding hydrogens is 264 g/mol. The average molecular weight is 287 g/mol. The van der Waals surface area contributed by atoms with Gasteiger partial charge in [-0.25, -0.2) is 0 Å². The fraction of sp³-hybridized carbons (Fsp3) is 0.500. The van der Waals surface area contributed by atoms with Crippen molar-refractivity contribution < 1.29 is 9.53 Å². The van der Waals surface area contributed by atoms with Crippen LogP contribution in [0.3, 0.4) is 0 Å². The maximum absolute atomic E-state index is 11.5. The van der Waals surface area contributed by atoms with Gasteiger partial charge >= 0.3 is 0 Å². The van der Waals surface area contributed by atoms with E-state index in [9.17, 15) is 4.79 Å². The van der Waals surface area contributed by atoms with Crippen molar-refractivity contribution in [2.24, 2.45) is 5.73 Å². The number of aryl methyl sites for hydroxylation is 2. The molecule has 0 bridgehead atoms. The summed E-state index contributed by atoms with van der Waals surface area (Å²) in [6, 6.07) is 5.91. The molecule has 0 atom stereocenters. The van der Waals surface area contributed by atoms with Crippen LogP contribution < -0.4 is 15.8 Å². The summed E-state index contributed by atoms with van der Waals surface area (Å²) in [6.45, 7) is 5.39. The van der Waals surface area contributed by atoms with E-state index in [0.29, 0.717) is 13.1 Å². The largest absolute Gasteiger partial charge is 0.484 e. The Morgan fingerprint density at radius 1 is 1.32 bits per heavy atom. The minimum absolute atomic E-state index is 0. The number of halogens is 1. The van der Waals surface area contributed by atoms with E-state index < -0.39 is 0 Å². The van der Waals surface area contributed by atoms with Gasteiger partial charge in [0, 0.05) is 6.54 Å². The summed E-state index contributed by atoms with van der Waals surface area (Å²) in [5, 5.41) is 2.80. The van der Waals surface area contributed by atoms with Gasteiger partial charge in [0.2, 0.25) is 0 Å². The number of ether oxygens (including phenoxy) is 1. The molecule has 0 saturated carbocycles. The second-order valence-corrected chi connectivity index (χ2v) is 4.40. The maximum atomic E-state index is 11.5. The lowest BCUT2D eigenvalue weighted by Crippen LogP contribution is -2.30. The van der Waals surface area contributed by atoms with Crippen LogP contribution in [0, 0.1) is 13.8 Å². The summed E-state index contributed by atoms with van der Waals surface area (Å²) in [5.74, 6) is 0.671. The van der Waals surface area contributed by atoms with Crippen molar-refractivity contribution in [2.45, 2.75) is 26.7 Å². The van der Waals surface area contributed by atoms with E-state index in [1.54, 1.807) is 0 Å². The molecule has 108 valence electrons. The number of amides is 1. The van der Waals surface area contributed by atoms with Gasteiger partial charge in [0.05, 0.1) is 0 Å². The van der Waals surface area contributed by atoms with Crippen LogP contribution in [-0.4, -0.2) is 25.6 Å². The minimum atomic E-state index is -0.0907. The maximum Gasteiger partial charge on any atom is 0.257 e. The number of hydrogen-bond acceptors (Lipinski definition) is 3. The molecule has 4 nitrogen and oxygen atoms in total. The molecule has 0 aromatic heterocycles. The van der Waals surface area contributed by atoms with Gasteiger partial charge in [0.15, 0.2) is 6.61 Å². The van der Waals surface area contributed by atoms with Crippen LogP contribution in [0.5, 0.6) is 5.75 Å². The van der Waals surface area contributed by atoms with Gasteiger partial charge in [0.1, 0.15) is 5.75 Å². The predicted molar refractivity (Wildman–Crippen MR) is 80.0 cm³/mol. The van der Waals surface area contributed by atoms with Crippen LogP contribution >= 0.6 is 12.4 Å². The molecule has 3 N–H and O–H groups in total. The zero-order valence-electron chi connectivity index (χ0n) is 11.6. The van der Waals surface area contributed by atoms with Gasteiger partial charge in [0.25, 0.3) is 5.91 Å². The van der Waals surface area contributed by atoms with Crippen molar-refractivity contribution in [1.29, 1.82) is 0 Å². The number of rotatable bonds is 7. The normalized spacial score (nSPS) is 9.63. The highest BCUT2D eigenvalue weighted by Gasteiger charge is 2.04. The number of nitrogens with two attached hydrogens (primary N) is 1. The molecule has 0 radical (unpaired) electrons. The van der Waals surface area contributed by atoms with Gasteiger partial charge in [-0.05, 0) is 44.9 Å². The molecule has 0 aliphatic carbocycles. The summed E-state index contributed by atoms with van der Waals surface area (Å²) in [4.78, 5) is 11.5. The van der Waals surface area contributed by atoms with Crippen molar-refractivity contribution in [2.75, 3.05) is 19.7 Å². The van der Waals surface area contributed by atoms with Crippen molar-refractivity contribution in [3.8, 4) is 5.75 Å². The van der Waals surface area contributed by atoms with E-state index in [2.05, 4.69) is 5.32 Å². The third kappa shape index (κ3) is 7.03. The van der Waals surface area contributed by atoms with Crippen molar-refractivity contribution in [3.63, 3.8) is 0 Å². The number of nitrogens with one attached hydrogen (secondary N) is 1. The molecule has 0 fully saturated rings. The van der Waals surface area contributed by atoms with Crippen LogP contribution in [0.15, 0.2) is 18.2 Å². The van der Waals surface area contributed by atoms with E-state index in [1.807, 2.05) is 32.0 Å². The van der Waals surface area contributed by atoms with E-state index in [4.69, 9.17) is 10.5 Å². The topological polar surface area (TPSA) is 64.3 Å². The third-order valence-electron chi connectivity index (χ3n) is 2.64. The predicted octanol–water partition coefficient (Wildman–Crippen LogP) is 1.96. The standard InChI is InChI=1S/C14H22N2O2.ClH/c1-11-5-6-13(12(2)9-11)18-10-14(17)16-8-4-3-7-15;/h5-6,9H,3-4,7-8,10,15H2,1-2H3,(H,16,17);1H. The first-order chi connectivity index (χ1) is 8.63. The number of carbonyl (C=O) groups is 1. The van der Waals surface area contributed by atoms with Crippen LogP contribution in [-0.2, 0) is 4.79 Å². The lowest BCUT2D eigenvalue weighted by atomic mass is 10.1. The van der Waals surface area contributed by atoms with E-state index in [0.717, 1.165) is 24.2 Å². The molecule has 0 spiro atoms. The quantitative estimate of drug-likeness (QED) is 0.753. The number of benzene rings is 1. The summed E-state index contributed by atoms with van der Waals surface area (Å²) in [5.41, 5.74) is 7.60. The molecule has 1 amide bonds. The first-order valence-electron chi connectivity index (χ1n) is 6.30. The number of unbranched alkanes of at least 4 members (excludes halogenated alkanes) is 1. The fourth-order valence-corrected chi connectivity index (χ4v) is 1.65. The second-order valence-electron chi connectivity index (χ2n) is 4.40. The minimum Gasteiger partial charge on any atom is -0.484 e. The van der Waals surface area contributed by atoms with Crippen LogP contribution in [0.25, 0.3) is 0 Å². The molecular formula is C14H23ClN2O2. The molecule has 0 heterocycles. The van der Waals surface area contributed by atoms with Crippen molar-refractivity contribution in [3.05, 3.63) is 29.3 Å². The van der Waals surface area contributed by atoms with Gasteiger partial charge in [-0.1, -0.05) is 17.7 Å². The second kappa shape index (κ2) is 9.64. The Morgan fingerprint density at radius 3 is 2.68 bits per heavy atom. The fourth-order valence-electron chi connectivity index (χ4n) is 1.65. The van der Waals surface area contributed by atoms with Gasteiger partial charge in [-0.3, -0.25) is 4.79 Å². The number of carbonyl (C=O) groups excluding carboxylic acids is 1. The zero-order chi connectivity index (χ0) is 13.4. The molecule has 0 unspecified atom stereocenters. The van der Waals surface area contributed by atoms with E-state index >= 15 is 0 Å². The highest BCUT2D eigenvalue weighted by atomic mass is 35.5. The first kappa shape index (κ1) is 17.7. The third-order valence-corrected chi connectivity index (χ3v) is 2.64. The van der Waals surface area contributed by atoms with Crippen molar-refractivity contribution in [1.82, 2.24) is 5.32 Å². The van der Waals surface area contributed by atoms with E-state index in [1.165, 1.54) is 5.56 Å². The molecule has 1 aromatic rings. The Kier molecular flexibility index (Phi) is 9.00. The SMILES string of the molecule is Cc1ccc(OCC(=O)NCCCCN)c(C)c1.Cl. The molecule has 0 aliphatic rings. The Labute approximate surface area is 121 Å². The first-order valence-corrected chi connectivity index (χ1v) is 6.30. The lowest BCUT2D eigenvalue weighted by Gasteiger charge is -2.10. The van der Waals surface area contributed by atoms with Crippen LogP contribution in [0.4, 0.5) is 0 Å². The van der Waals surface area contributed by atoms with Gasteiger partial charge in [-0.15, -0.1) is 12.4 Å². The molecule has 5 heteroatoms. The highest BCUT2D eigenvalue weighted by Crippen LogP contribution is 2.18. The molecule has 0 saturated heterocycles. The molecule has 1 aromatic carbocycles. The van der Waals surface area contributed by atoms with E-state index in [-0.39, 0.29) is 24.9 Å². The Hall–Kier alpha value is -1.26. The Balaban J connectivity index is 0.00000324. The molecule has 0 aliphatic heterocycles. The summed E-state index contributed by atoms with van der Waals surface area (Å²) in [7, 11) is 0. The Bertz CT molecular complexity index is 397. The van der Waals surface area contributed by atoms with Crippen molar-refractivity contribution >= 4 is 18.3 Å².